The molecule has 108 valence electrons. The number of rotatable bonds is 4. The number of carbonyl (C=O) groups excluding carboxylic acids is 1. The lowest BCUT2D eigenvalue weighted by atomic mass is 10.0. The number of aryl methyl sites for hydroxylation is 1. The molecule has 0 aliphatic rings. The van der Waals surface area contributed by atoms with Crippen LogP contribution >= 0.6 is 0 Å². The average molecular weight is 278 g/mol. The Hall–Kier alpha value is -2.26. The number of hydrogen-bond donors (Lipinski definition) is 2. The van der Waals surface area contributed by atoms with Crippen molar-refractivity contribution in [2.24, 2.45) is 0 Å². The number of nitriles is 1. The number of ether oxygens (including phenoxy) is 2. The first kappa shape index (κ1) is 15.8. The molecule has 0 saturated heterocycles. The van der Waals surface area contributed by atoms with Crippen molar-refractivity contribution >= 4 is 11.8 Å². The van der Waals surface area contributed by atoms with Crippen LogP contribution < -0.4 is 10.1 Å². The summed E-state index contributed by atoms with van der Waals surface area (Å²) in [5.41, 5.74) is 0.211. The SMILES string of the molecule is Cc1ccc(NC(=O)OC(C)(C)C(C)O)cc1OC#N. The molecule has 0 fully saturated rings. The molecule has 0 spiro atoms. The van der Waals surface area contributed by atoms with E-state index in [1.807, 2.05) is 0 Å². The van der Waals surface area contributed by atoms with Crippen molar-refractivity contribution in [3.05, 3.63) is 23.8 Å². The molecule has 2 N–H and O–H groups in total. The monoisotopic (exact) mass is 278 g/mol. The molecule has 1 unspecified atom stereocenters. The number of anilines is 1. The van der Waals surface area contributed by atoms with Gasteiger partial charge in [-0.1, -0.05) is 6.07 Å². The van der Waals surface area contributed by atoms with Crippen molar-refractivity contribution in [1.29, 1.82) is 5.26 Å². The summed E-state index contributed by atoms with van der Waals surface area (Å²) in [6.45, 7) is 6.54. The first-order chi connectivity index (χ1) is 9.26. The minimum Gasteiger partial charge on any atom is -0.441 e. The van der Waals surface area contributed by atoms with E-state index in [9.17, 15) is 9.90 Å². The summed E-state index contributed by atoms with van der Waals surface area (Å²) in [6.07, 6.45) is 0.0875. The maximum absolute atomic E-state index is 11.7. The van der Waals surface area contributed by atoms with Crippen LogP contribution in [0.15, 0.2) is 18.2 Å². The van der Waals surface area contributed by atoms with E-state index in [2.05, 4.69) is 5.32 Å². The minimum absolute atomic E-state index is 0.361. The fourth-order valence-corrected chi connectivity index (χ4v) is 1.30. The van der Waals surface area contributed by atoms with Gasteiger partial charge in [-0.15, -0.1) is 5.26 Å². The molecule has 6 nitrogen and oxygen atoms in total. The van der Waals surface area contributed by atoms with E-state index in [0.717, 1.165) is 5.56 Å². The summed E-state index contributed by atoms with van der Waals surface area (Å²) in [5, 5.41) is 20.5. The molecule has 0 aliphatic carbocycles. The number of aliphatic hydroxyl groups excluding tert-OH is 1. The van der Waals surface area contributed by atoms with Crippen molar-refractivity contribution in [2.45, 2.75) is 39.4 Å². The predicted molar refractivity (Wildman–Crippen MR) is 73.3 cm³/mol. The van der Waals surface area contributed by atoms with Crippen LogP contribution in [0.2, 0.25) is 0 Å². The maximum atomic E-state index is 11.7. The van der Waals surface area contributed by atoms with Crippen LogP contribution in [0.4, 0.5) is 10.5 Å². The van der Waals surface area contributed by atoms with Crippen LogP contribution in [0.1, 0.15) is 26.3 Å². The third-order valence-electron chi connectivity index (χ3n) is 2.95. The second-order valence-corrected chi connectivity index (χ2v) is 4.97. The van der Waals surface area contributed by atoms with Gasteiger partial charge in [-0.25, -0.2) is 4.79 Å². The molecular formula is C14H18N2O4. The van der Waals surface area contributed by atoms with E-state index >= 15 is 0 Å². The van der Waals surface area contributed by atoms with Gasteiger partial charge in [0.15, 0.2) is 0 Å². The molecule has 0 aromatic heterocycles. The summed E-state index contributed by atoms with van der Waals surface area (Å²) < 4.78 is 9.90. The zero-order chi connectivity index (χ0) is 15.3. The Morgan fingerprint density at radius 1 is 1.50 bits per heavy atom. The lowest BCUT2D eigenvalue weighted by Crippen LogP contribution is -2.40. The van der Waals surface area contributed by atoms with Crippen LogP contribution in [-0.2, 0) is 4.74 Å². The number of amides is 1. The van der Waals surface area contributed by atoms with Crippen molar-refractivity contribution in [3.63, 3.8) is 0 Å². The Morgan fingerprint density at radius 2 is 2.15 bits per heavy atom. The van der Waals surface area contributed by atoms with Crippen LogP contribution in [-0.4, -0.2) is 22.9 Å². The lowest BCUT2D eigenvalue weighted by molar-refractivity contribution is -0.0441. The number of benzene rings is 1. The molecule has 0 heterocycles. The van der Waals surface area contributed by atoms with E-state index in [-0.39, 0.29) is 0 Å². The van der Waals surface area contributed by atoms with Crippen LogP contribution in [0.3, 0.4) is 0 Å². The van der Waals surface area contributed by atoms with Crippen molar-refractivity contribution in [3.8, 4) is 12.0 Å². The second-order valence-electron chi connectivity index (χ2n) is 4.97. The summed E-state index contributed by atoms with van der Waals surface area (Å²) in [7, 11) is 0. The lowest BCUT2D eigenvalue weighted by Gasteiger charge is -2.27. The molecule has 0 aliphatic heterocycles. The van der Waals surface area contributed by atoms with Crippen molar-refractivity contribution in [1.82, 2.24) is 0 Å². The second kappa shape index (κ2) is 6.26. The Balaban J connectivity index is 2.77. The van der Waals surface area contributed by atoms with Gasteiger partial charge in [-0.05, 0) is 39.3 Å². The zero-order valence-electron chi connectivity index (χ0n) is 11.9. The number of carbonyl (C=O) groups is 1. The summed E-state index contributed by atoms with van der Waals surface area (Å²) in [6, 6.07) is 4.90. The molecule has 1 rings (SSSR count). The fourth-order valence-electron chi connectivity index (χ4n) is 1.30. The van der Waals surface area contributed by atoms with Crippen LogP contribution in [0, 0.1) is 18.4 Å². The largest absolute Gasteiger partial charge is 0.441 e. The van der Waals surface area contributed by atoms with E-state index in [1.54, 1.807) is 39.2 Å². The molecule has 20 heavy (non-hydrogen) atoms. The van der Waals surface area contributed by atoms with Gasteiger partial charge in [0.05, 0.1) is 6.10 Å². The standard InChI is InChI=1S/C14H18N2O4/c1-9-5-6-11(7-12(9)19-8-15)16-13(18)20-14(3,4)10(2)17/h5-7,10,17H,1-4H3,(H,16,18). The molecule has 6 heteroatoms. The third-order valence-corrected chi connectivity index (χ3v) is 2.95. The number of hydrogen-bond acceptors (Lipinski definition) is 5. The molecule has 0 saturated carbocycles. The quantitative estimate of drug-likeness (QED) is 0.826. The minimum atomic E-state index is -0.999. The highest BCUT2D eigenvalue weighted by molar-refractivity contribution is 5.85. The average Bonchev–Trinajstić information content (AvgIpc) is 2.32. The molecule has 1 atom stereocenters. The zero-order valence-corrected chi connectivity index (χ0v) is 11.9. The van der Waals surface area contributed by atoms with Gasteiger partial charge in [-0.3, -0.25) is 5.32 Å². The Bertz CT molecular complexity index is 532. The Kier molecular flexibility index (Phi) is 4.94. The Labute approximate surface area is 117 Å². The normalized spacial score (nSPS) is 12.2. The molecule has 1 aromatic rings. The van der Waals surface area contributed by atoms with Crippen molar-refractivity contribution in [2.75, 3.05) is 5.32 Å². The number of nitrogens with zero attached hydrogens (tertiary/aromatic N) is 1. The molecule has 1 amide bonds. The van der Waals surface area contributed by atoms with Crippen molar-refractivity contribution < 1.29 is 19.4 Å². The molecule has 1 aromatic carbocycles. The van der Waals surface area contributed by atoms with Gasteiger partial charge < -0.3 is 14.6 Å². The molecule has 0 radical (unpaired) electrons. The number of nitrogens with one attached hydrogen (secondary N) is 1. The van der Waals surface area contributed by atoms with Gasteiger partial charge >= 0.3 is 6.09 Å². The number of aliphatic hydroxyl groups is 1. The summed E-state index contributed by atoms with van der Waals surface area (Å²) >= 11 is 0. The van der Waals surface area contributed by atoms with E-state index < -0.39 is 17.8 Å². The first-order valence-electron chi connectivity index (χ1n) is 6.11. The Morgan fingerprint density at radius 3 is 2.70 bits per heavy atom. The maximum Gasteiger partial charge on any atom is 0.412 e. The van der Waals surface area contributed by atoms with Gasteiger partial charge in [-0.2, -0.15) is 0 Å². The van der Waals surface area contributed by atoms with Crippen LogP contribution in [0.25, 0.3) is 0 Å². The highest BCUT2D eigenvalue weighted by Crippen LogP contribution is 2.23. The van der Waals surface area contributed by atoms with Crippen LogP contribution in [0.5, 0.6) is 5.75 Å². The predicted octanol–water partition coefficient (Wildman–Crippen LogP) is 2.56. The van der Waals surface area contributed by atoms with E-state index in [1.165, 1.54) is 13.0 Å². The van der Waals surface area contributed by atoms with Gasteiger partial charge in [0, 0.05) is 11.8 Å². The molecular weight excluding hydrogens is 260 g/mol. The highest BCUT2D eigenvalue weighted by atomic mass is 16.6. The topological polar surface area (TPSA) is 91.6 Å². The molecule has 0 bridgehead atoms. The summed E-state index contributed by atoms with van der Waals surface area (Å²) in [4.78, 5) is 11.7. The van der Waals surface area contributed by atoms with Gasteiger partial charge in [0.25, 0.3) is 6.26 Å². The fraction of sp³-hybridized carbons (Fsp3) is 0.429. The smallest absolute Gasteiger partial charge is 0.412 e. The highest BCUT2D eigenvalue weighted by Gasteiger charge is 2.28. The van der Waals surface area contributed by atoms with Gasteiger partial charge in [0.1, 0.15) is 11.4 Å². The van der Waals surface area contributed by atoms with Gasteiger partial charge in [0.2, 0.25) is 0 Å². The first-order valence-corrected chi connectivity index (χ1v) is 6.11. The van der Waals surface area contributed by atoms with E-state index in [0.29, 0.717) is 11.4 Å². The third kappa shape index (κ3) is 4.14. The van der Waals surface area contributed by atoms with E-state index in [4.69, 9.17) is 14.7 Å². The summed E-state index contributed by atoms with van der Waals surface area (Å²) in [5.74, 6) is 0.361.